The lowest BCUT2D eigenvalue weighted by atomic mass is 10.1. The van der Waals surface area contributed by atoms with E-state index in [-0.39, 0.29) is 11.8 Å². The number of halogens is 1. The molecule has 0 saturated heterocycles. The van der Waals surface area contributed by atoms with Crippen LogP contribution in [0.1, 0.15) is 11.1 Å². The minimum absolute atomic E-state index is 0.232. The minimum atomic E-state index is -0.281. The van der Waals surface area contributed by atoms with E-state index in [0.717, 1.165) is 12.1 Å². The van der Waals surface area contributed by atoms with Crippen LogP contribution in [-0.4, -0.2) is 29.2 Å². The molecule has 0 radical (unpaired) electrons. The van der Waals surface area contributed by atoms with Crippen molar-refractivity contribution in [1.29, 1.82) is 0 Å². The second kappa shape index (κ2) is 6.80. The van der Waals surface area contributed by atoms with Gasteiger partial charge in [-0.05, 0) is 50.8 Å². The Hall–Kier alpha value is -2.73. The van der Waals surface area contributed by atoms with Gasteiger partial charge in [0.1, 0.15) is 5.82 Å². The Morgan fingerprint density at radius 3 is 2.54 bits per heavy atom. The van der Waals surface area contributed by atoms with Crippen LogP contribution in [0, 0.1) is 12.7 Å². The van der Waals surface area contributed by atoms with E-state index >= 15 is 0 Å². The molecule has 6 heteroatoms. The number of anilines is 2. The van der Waals surface area contributed by atoms with Gasteiger partial charge in [0.2, 0.25) is 5.89 Å². The highest BCUT2D eigenvalue weighted by atomic mass is 19.1. The molecular weight excluding hydrogens is 307 g/mol. The second-order valence-electron chi connectivity index (χ2n) is 5.88. The van der Waals surface area contributed by atoms with Crippen LogP contribution >= 0.6 is 0 Å². The summed E-state index contributed by atoms with van der Waals surface area (Å²) in [5.41, 5.74) is 3.16. The monoisotopic (exact) mass is 326 g/mol. The van der Waals surface area contributed by atoms with Crippen LogP contribution in [0.4, 0.5) is 16.1 Å². The molecule has 124 valence electrons. The Kier molecular flexibility index (Phi) is 4.57. The highest BCUT2D eigenvalue weighted by Crippen LogP contribution is 2.25. The largest absolute Gasteiger partial charge is 0.403 e. The van der Waals surface area contributed by atoms with Gasteiger partial charge in [-0.25, -0.2) is 4.39 Å². The fourth-order valence-electron chi connectivity index (χ4n) is 2.37. The average Bonchev–Trinajstić information content (AvgIpc) is 3.01. The smallest absolute Gasteiger partial charge is 0.320 e. The Labute approximate surface area is 140 Å². The zero-order valence-corrected chi connectivity index (χ0v) is 13.9. The first-order valence-corrected chi connectivity index (χ1v) is 7.62. The third-order valence-electron chi connectivity index (χ3n) is 3.63. The molecule has 1 heterocycles. The van der Waals surface area contributed by atoms with Gasteiger partial charge < -0.3 is 14.6 Å². The number of nitrogens with one attached hydrogen (secondary N) is 1. The maximum Gasteiger partial charge on any atom is 0.320 e. The summed E-state index contributed by atoms with van der Waals surface area (Å²) in [5, 5.41) is 11.0. The van der Waals surface area contributed by atoms with Crippen molar-refractivity contribution in [2.45, 2.75) is 13.5 Å². The van der Waals surface area contributed by atoms with E-state index in [4.69, 9.17) is 4.42 Å². The van der Waals surface area contributed by atoms with Crippen LogP contribution in [0.3, 0.4) is 0 Å². The van der Waals surface area contributed by atoms with Crippen LogP contribution in [0.5, 0.6) is 0 Å². The highest BCUT2D eigenvalue weighted by Gasteiger charge is 2.11. The predicted molar refractivity (Wildman–Crippen MR) is 91.5 cm³/mol. The van der Waals surface area contributed by atoms with E-state index in [1.807, 2.05) is 38.4 Å². The van der Waals surface area contributed by atoms with Crippen LogP contribution in [-0.2, 0) is 6.54 Å². The molecule has 1 aromatic heterocycles. The molecule has 3 aromatic rings. The molecule has 2 aromatic carbocycles. The topological polar surface area (TPSA) is 54.2 Å². The first-order chi connectivity index (χ1) is 11.5. The fraction of sp³-hybridized carbons (Fsp3) is 0.222. The maximum atomic E-state index is 13.6. The number of hydrogen-bond acceptors (Lipinski definition) is 5. The SMILES string of the molecule is Cc1c(F)cccc1Nc1nnc(-c2ccc(CN(C)C)cc2)o1. The zero-order chi connectivity index (χ0) is 17.1. The van der Waals surface area contributed by atoms with Crippen molar-refractivity contribution < 1.29 is 8.81 Å². The highest BCUT2D eigenvalue weighted by molar-refractivity contribution is 5.59. The Morgan fingerprint density at radius 1 is 1.08 bits per heavy atom. The normalized spacial score (nSPS) is 11.0. The summed E-state index contributed by atoms with van der Waals surface area (Å²) >= 11 is 0. The van der Waals surface area contributed by atoms with Gasteiger partial charge in [-0.1, -0.05) is 23.3 Å². The number of benzene rings is 2. The zero-order valence-electron chi connectivity index (χ0n) is 13.9. The summed E-state index contributed by atoms with van der Waals surface area (Å²) in [7, 11) is 4.05. The van der Waals surface area contributed by atoms with Gasteiger partial charge in [-0.2, -0.15) is 0 Å². The quantitative estimate of drug-likeness (QED) is 0.768. The third kappa shape index (κ3) is 3.60. The number of hydrogen-bond donors (Lipinski definition) is 1. The number of aromatic nitrogens is 2. The van der Waals surface area contributed by atoms with E-state index in [0.29, 0.717) is 17.1 Å². The van der Waals surface area contributed by atoms with Crippen molar-refractivity contribution in [3.8, 4) is 11.5 Å². The standard InChI is InChI=1S/C18H19FN4O/c1-12-15(19)5-4-6-16(12)20-18-22-21-17(24-18)14-9-7-13(8-10-14)11-23(2)3/h4-10H,11H2,1-3H3,(H,20,22). The molecule has 0 amide bonds. The van der Waals surface area contributed by atoms with E-state index < -0.39 is 0 Å². The Balaban J connectivity index is 1.77. The molecule has 0 unspecified atom stereocenters. The molecular formula is C18H19FN4O. The molecule has 0 aliphatic heterocycles. The van der Waals surface area contributed by atoms with E-state index in [9.17, 15) is 4.39 Å². The molecule has 5 nitrogen and oxygen atoms in total. The van der Waals surface area contributed by atoms with Crippen molar-refractivity contribution in [2.24, 2.45) is 0 Å². The second-order valence-corrected chi connectivity index (χ2v) is 5.88. The van der Waals surface area contributed by atoms with E-state index in [1.54, 1.807) is 19.1 Å². The molecule has 0 fully saturated rings. The molecule has 0 spiro atoms. The lowest BCUT2D eigenvalue weighted by Gasteiger charge is -2.09. The summed E-state index contributed by atoms with van der Waals surface area (Å²) in [6.07, 6.45) is 0. The van der Waals surface area contributed by atoms with Gasteiger partial charge in [-0.3, -0.25) is 0 Å². The predicted octanol–water partition coefficient (Wildman–Crippen LogP) is 3.99. The van der Waals surface area contributed by atoms with Crippen molar-refractivity contribution in [2.75, 3.05) is 19.4 Å². The summed E-state index contributed by atoms with van der Waals surface area (Å²) in [5.74, 6) is 0.138. The third-order valence-corrected chi connectivity index (χ3v) is 3.63. The van der Waals surface area contributed by atoms with Gasteiger partial charge in [0.25, 0.3) is 0 Å². The summed E-state index contributed by atoms with van der Waals surface area (Å²) in [6.45, 7) is 2.56. The molecule has 0 bridgehead atoms. The van der Waals surface area contributed by atoms with Gasteiger partial charge in [0.05, 0.1) is 0 Å². The van der Waals surface area contributed by atoms with Crippen LogP contribution in [0.15, 0.2) is 46.9 Å². The number of nitrogens with zero attached hydrogens (tertiary/aromatic N) is 3. The van der Waals surface area contributed by atoms with Gasteiger partial charge in [-0.15, -0.1) is 5.10 Å². The van der Waals surface area contributed by atoms with Crippen LogP contribution < -0.4 is 5.32 Å². The first-order valence-electron chi connectivity index (χ1n) is 7.62. The molecule has 0 atom stereocenters. The lowest BCUT2D eigenvalue weighted by molar-refractivity contribution is 0.402. The van der Waals surface area contributed by atoms with Crippen molar-refractivity contribution >= 4 is 11.7 Å². The number of rotatable bonds is 5. The molecule has 0 saturated carbocycles. The van der Waals surface area contributed by atoms with Crippen LogP contribution in [0.25, 0.3) is 11.5 Å². The van der Waals surface area contributed by atoms with Gasteiger partial charge in [0.15, 0.2) is 0 Å². The summed E-state index contributed by atoms with van der Waals surface area (Å²) < 4.78 is 19.2. The van der Waals surface area contributed by atoms with E-state index in [1.165, 1.54) is 11.6 Å². The van der Waals surface area contributed by atoms with E-state index in [2.05, 4.69) is 20.4 Å². The van der Waals surface area contributed by atoms with Gasteiger partial charge in [0, 0.05) is 23.4 Å². The van der Waals surface area contributed by atoms with Gasteiger partial charge >= 0.3 is 6.01 Å². The Bertz CT molecular complexity index is 827. The molecule has 3 rings (SSSR count). The minimum Gasteiger partial charge on any atom is -0.403 e. The average molecular weight is 326 g/mol. The maximum absolute atomic E-state index is 13.6. The molecule has 0 aliphatic carbocycles. The Morgan fingerprint density at radius 2 is 1.83 bits per heavy atom. The van der Waals surface area contributed by atoms with Crippen molar-refractivity contribution in [3.05, 3.63) is 59.4 Å². The summed E-state index contributed by atoms with van der Waals surface area (Å²) in [4.78, 5) is 2.10. The lowest BCUT2D eigenvalue weighted by Crippen LogP contribution is -2.10. The fourth-order valence-corrected chi connectivity index (χ4v) is 2.37. The first kappa shape index (κ1) is 16.1. The van der Waals surface area contributed by atoms with Crippen molar-refractivity contribution in [1.82, 2.24) is 15.1 Å². The molecule has 0 aliphatic rings. The van der Waals surface area contributed by atoms with Crippen molar-refractivity contribution in [3.63, 3.8) is 0 Å². The molecule has 1 N–H and O–H groups in total. The summed E-state index contributed by atoms with van der Waals surface area (Å²) in [6, 6.07) is 13.0. The molecule has 24 heavy (non-hydrogen) atoms. The van der Waals surface area contributed by atoms with Crippen LogP contribution in [0.2, 0.25) is 0 Å².